The SMILES string of the molecule is COC(=O)c1sc(Nc2c(F)c(F)cc(F)c2F)nc1C. The van der Waals surface area contributed by atoms with E-state index in [1.54, 1.807) is 0 Å². The number of anilines is 2. The number of nitrogens with one attached hydrogen (secondary N) is 1. The first kappa shape index (κ1) is 15.2. The first-order valence-corrected chi connectivity index (χ1v) is 6.32. The van der Waals surface area contributed by atoms with E-state index in [9.17, 15) is 22.4 Å². The van der Waals surface area contributed by atoms with Gasteiger partial charge in [0.1, 0.15) is 10.6 Å². The summed E-state index contributed by atoms with van der Waals surface area (Å²) in [5.74, 6) is -6.93. The smallest absolute Gasteiger partial charge is 0.350 e. The third kappa shape index (κ3) is 2.82. The summed E-state index contributed by atoms with van der Waals surface area (Å²) in [4.78, 5) is 15.3. The standard InChI is InChI=1S/C12H8F4N2O2S/c1-4-10(11(19)20-2)21-12(17-4)18-9-7(15)5(13)3-6(14)8(9)16/h3H,1-2H3,(H,17,18). The molecule has 0 aliphatic rings. The van der Waals surface area contributed by atoms with Crippen LogP contribution in [-0.2, 0) is 4.74 Å². The number of carbonyl (C=O) groups excluding carboxylic acids is 1. The number of hydrogen-bond donors (Lipinski definition) is 1. The van der Waals surface area contributed by atoms with Crippen molar-refractivity contribution in [3.8, 4) is 0 Å². The Morgan fingerprint density at radius 3 is 2.33 bits per heavy atom. The van der Waals surface area contributed by atoms with Crippen molar-refractivity contribution in [1.82, 2.24) is 4.98 Å². The van der Waals surface area contributed by atoms with Crippen LogP contribution in [0.2, 0.25) is 0 Å². The number of halogens is 4. The average Bonchev–Trinajstić information content (AvgIpc) is 2.81. The highest BCUT2D eigenvalue weighted by Crippen LogP contribution is 2.30. The maximum atomic E-state index is 13.5. The van der Waals surface area contributed by atoms with Crippen LogP contribution in [0.4, 0.5) is 28.4 Å². The Kier molecular flexibility index (Phi) is 4.12. The highest BCUT2D eigenvalue weighted by molar-refractivity contribution is 7.17. The molecule has 2 aromatic rings. The molecule has 1 aromatic carbocycles. The van der Waals surface area contributed by atoms with Gasteiger partial charge in [0.05, 0.1) is 12.8 Å². The number of thiazole rings is 1. The summed E-state index contributed by atoms with van der Waals surface area (Å²) in [5, 5.41) is 2.03. The molecule has 0 amide bonds. The molecule has 1 aromatic heterocycles. The van der Waals surface area contributed by atoms with Gasteiger partial charge in [0.2, 0.25) is 0 Å². The van der Waals surface area contributed by atoms with E-state index in [4.69, 9.17) is 0 Å². The molecule has 0 atom stereocenters. The van der Waals surface area contributed by atoms with E-state index >= 15 is 0 Å². The Bertz CT molecular complexity index is 692. The van der Waals surface area contributed by atoms with Crippen molar-refractivity contribution in [1.29, 1.82) is 0 Å². The second-order valence-corrected chi connectivity index (χ2v) is 4.89. The van der Waals surface area contributed by atoms with E-state index < -0.39 is 34.9 Å². The zero-order chi connectivity index (χ0) is 15.7. The molecule has 0 saturated carbocycles. The second-order valence-electron chi connectivity index (χ2n) is 3.89. The van der Waals surface area contributed by atoms with Crippen molar-refractivity contribution < 1.29 is 27.1 Å². The summed E-state index contributed by atoms with van der Waals surface area (Å²) < 4.78 is 57.7. The van der Waals surface area contributed by atoms with Crippen LogP contribution in [0.3, 0.4) is 0 Å². The maximum Gasteiger partial charge on any atom is 0.350 e. The van der Waals surface area contributed by atoms with Gasteiger partial charge in [-0.05, 0) is 6.92 Å². The number of methoxy groups -OCH3 is 1. The molecule has 0 bridgehead atoms. The van der Waals surface area contributed by atoms with Crippen molar-refractivity contribution in [2.75, 3.05) is 12.4 Å². The fourth-order valence-corrected chi connectivity index (χ4v) is 2.41. The Morgan fingerprint density at radius 2 is 1.81 bits per heavy atom. The molecule has 0 spiro atoms. The number of aryl methyl sites for hydroxylation is 1. The lowest BCUT2D eigenvalue weighted by Crippen LogP contribution is -2.02. The van der Waals surface area contributed by atoms with Crippen LogP contribution in [0.5, 0.6) is 0 Å². The highest BCUT2D eigenvalue weighted by Gasteiger charge is 2.22. The third-order valence-corrected chi connectivity index (χ3v) is 3.56. The molecule has 0 aliphatic heterocycles. The summed E-state index contributed by atoms with van der Waals surface area (Å²) in [5.41, 5.74) is -0.760. The third-order valence-electron chi connectivity index (χ3n) is 2.51. The molecule has 0 fully saturated rings. The minimum atomic E-state index is -1.58. The van der Waals surface area contributed by atoms with Crippen molar-refractivity contribution in [3.63, 3.8) is 0 Å². The van der Waals surface area contributed by atoms with Gasteiger partial charge in [-0.3, -0.25) is 0 Å². The van der Waals surface area contributed by atoms with Gasteiger partial charge in [0, 0.05) is 6.07 Å². The van der Waals surface area contributed by atoms with E-state index in [1.807, 2.05) is 0 Å². The Morgan fingerprint density at radius 1 is 1.24 bits per heavy atom. The topological polar surface area (TPSA) is 51.2 Å². The normalized spacial score (nSPS) is 10.6. The number of ether oxygens (including phenoxy) is 1. The van der Waals surface area contributed by atoms with Gasteiger partial charge in [-0.15, -0.1) is 0 Å². The first-order chi connectivity index (χ1) is 9.85. The van der Waals surface area contributed by atoms with Gasteiger partial charge in [-0.25, -0.2) is 27.3 Å². The molecule has 2 rings (SSSR count). The molecular weight excluding hydrogens is 312 g/mol. The number of esters is 1. The van der Waals surface area contributed by atoms with Crippen molar-refractivity contribution >= 4 is 28.1 Å². The minimum Gasteiger partial charge on any atom is -0.465 e. The fourth-order valence-electron chi connectivity index (χ4n) is 1.52. The van der Waals surface area contributed by atoms with Crippen LogP contribution in [0.1, 0.15) is 15.4 Å². The quantitative estimate of drug-likeness (QED) is 0.534. The zero-order valence-corrected chi connectivity index (χ0v) is 11.6. The summed E-state index contributed by atoms with van der Waals surface area (Å²) in [6.07, 6.45) is 0. The predicted molar refractivity (Wildman–Crippen MR) is 67.7 cm³/mol. The van der Waals surface area contributed by atoms with Crippen molar-refractivity contribution in [2.24, 2.45) is 0 Å². The Labute approximate surface area is 120 Å². The van der Waals surface area contributed by atoms with Crippen molar-refractivity contribution in [2.45, 2.75) is 6.92 Å². The summed E-state index contributed by atoms with van der Waals surface area (Å²) in [7, 11) is 1.16. The van der Waals surface area contributed by atoms with Crippen molar-refractivity contribution in [3.05, 3.63) is 39.9 Å². The van der Waals surface area contributed by atoms with Gasteiger partial charge in [-0.1, -0.05) is 11.3 Å². The van der Waals surface area contributed by atoms with Crippen LogP contribution in [-0.4, -0.2) is 18.1 Å². The van der Waals surface area contributed by atoms with E-state index in [-0.39, 0.29) is 21.8 Å². The maximum absolute atomic E-state index is 13.5. The molecule has 21 heavy (non-hydrogen) atoms. The molecule has 0 radical (unpaired) electrons. The van der Waals surface area contributed by atoms with E-state index in [1.165, 1.54) is 6.92 Å². The highest BCUT2D eigenvalue weighted by atomic mass is 32.1. The van der Waals surface area contributed by atoms with Gasteiger partial charge in [-0.2, -0.15) is 0 Å². The molecule has 112 valence electrons. The molecular formula is C12H8F4N2O2S. The largest absolute Gasteiger partial charge is 0.465 e. The van der Waals surface area contributed by atoms with Crippen LogP contribution >= 0.6 is 11.3 Å². The van der Waals surface area contributed by atoms with Gasteiger partial charge in [0.15, 0.2) is 28.4 Å². The first-order valence-electron chi connectivity index (χ1n) is 5.51. The number of carbonyl (C=O) groups is 1. The number of hydrogen-bond acceptors (Lipinski definition) is 5. The second kappa shape index (κ2) is 5.68. The van der Waals surface area contributed by atoms with Crippen LogP contribution in [0.15, 0.2) is 6.07 Å². The molecule has 1 heterocycles. The van der Waals surface area contributed by atoms with Crippen LogP contribution in [0.25, 0.3) is 0 Å². The van der Waals surface area contributed by atoms with E-state index in [0.29, 0.717) is 0 Å². The van der Waals surface area contributed by atoms with E-state index in [2.05, 4.69) is 15.0 Å². The molecule has 0 aliphatic carbocycles. The monoisotopic (exact) mass is 320 g/mol. The molecule has 9 heteroatoms. The summed E-state index contributed by atoms with van der Waals surface area (Å²) >= 11 is 0.741. The number of nitrogens with zero attached hydrogens (tertiary/aromatic N) is 1. The van der Waals surface area contributed by atoms with Crippen LogP contribution < -0.4 is 5.32 Å². The van der Waals surface area contributed by atoms with Gasteiger partial charge >= 0.3 is 5.97 Å². The molecule has 0 unspecified atom stereocenters. The number of aromatic nitrogens is 1. The predicted octanol–water partition coefficient (Wildman–Crippen LogP) is 3.54. The lowest BCUT2D eigenvalue weighted by Gasteiger charge is -2.07. The Hall–Kier alpha value is -2.16. The number of rotatable bonds is 3. The van der Waals surface area contributed by atoms with E-state index in [0.717, 1.165) is 18.4 Å². The van der Waals surface area contributed by atoms with Gasteiger partial charge in [0.25, 0.3) is 0 Å². The fraction of sp³-hybridized carbons (Fsp3) is 0.167. The number of benzene rings is 1. The van der Waals surface area contributed by atoms with Crippen LogP contribution in [0, 0.1) is 30.2 Å². The molecule has 1 N–H and O–H groups in total. The zero-order valence-electron chi connectivity index (χ0n) is 10.8. The average molecular weight is 320 g/mol. The summed E-state index contributed by atoms with van der Waals surface area (Å²) in [6, 6.07) is 0.100. The lowest BCUT2D eigenvalue weighted by atomic mass is 10.2. The minimum absolute atomic E-state index is 0.100. The van der Waals surface area contributed by atoms with Gasteiger partial charge < -0.3 is 10.1 Å². The molecule has 0 saturated heterocycles. The summed E-state index contributed by atoms with van der Waals surface area (Å²) in [6.45, 7) is 1.48. The Balaban J connectivity index is 2.42. The lowest BCUT2D eigenvalue weighted by molar-refractivity contribution is 0.0605. The molecule has 4 nitrogen and oxygen atoms in total.